The van der Waals surface area contributed by atoms with E-state index in [9.17, 15) is 13.2 Å². The molecule has 5 aromatic rings. The average Bonchev–Trinajstić information content (AvgIpc) is 3.67. The van der Waals surface area contributed by atoms with Crippen molar-refractivity contribution in [1.82, 2.24) is 35.5 Å². The fourth-order valence-electron chi connectivity index (χ4n) is 4.34. The fourth-order valence-corrected chi connectivity index (χ4v) is 6.42. The molecule has 10 nitrogen and oxygen atoms in total. The third kappa shape index (κ3) is 5.21. The predicted molar refractivity (Wildman–Crippen MR) is 141 cm³/mol. The summed E-state index contributed by atoms with van der Waals surface area (Å²) in [6.07, 6.45) is 4.74. The third-order valence-corrected chi connectivity index (χ3v) is 8.39. The SMILES string of the molecule is C[C@H]1C[C@@H](N(C)c2nc3sc(-c4ncc(-c5cn[nH]c5)c5cc[nH]c45)nc3s2)CCN1.O=C(O)C(F)(F)F. The Balaban J connectivity index is 0.000000374. The Hall–Kier alpha value is -3.56. The Morgan fingerprint density at radius 2 is 1.97 bits per heavy atom. The number of anilines is 1. The van der Waals surface area contributed by atoms with Gasteiger partial charge in [-0.15, -0.1) is 0 Å². The van der Waals surface area contributed by atoms with Crippen LogP contribution >= 0.6 is 22.7 Å². The predicted octanol–water partition coefficient (Wildman–Crippen LogP) is 4.90. The molecule has 0 radical (unpaired) electrons. The molecule has 0 spiro atoms. The van der Waals surface area contributed by atoms with Crippen LogP contribution in [0.5, 0.6) is 0 Å². The van der Waals surface area contributed by atoms with Crippen LogP contribution in [0.25, 0.3) is 42.4 Å². The number of H-pyrrole nitrogens is 2. The van der Waals surface area contributed by atoms with Crippen LogP contribution in [0.4, 0.5) is 18.3 Å². The number of aromatic nitrogens is 6. The Morgan fingerprint density at radius 3 is 2.63 bits per heavy atom. The molecule has 2 atom stereocenters. The number of aliphatic carboxylic acids is 1. The van der Waals surface area contributed by atoms with Gasteiger partial charge in [-0.2, -0.15) is 18.3 Å². The molecule has 1 aliphatic rings. The van der Waals surface area contributed by atoms with E-state index >= 15 is 0 Å². The quantitative estimate of drug-likeness (QED) is 0.242. The van der Waals surface area contributed by atoms with E-state index in [4.69, 9.17) is 24.9 Å². The maximum Gasteiger partial charge on any atom is 0.490 e. The number of thiazole rings is 2. The number of pyridine rings is 1. The summed E-state index contributed by atoms with van der Waals surface area (Å²) < 4.78 is 31.7. The van der Waals surface area contributed by atoms with Crippen LogP contribution in [0.2, 0.25) is 0 Å². The lowest BCUT2D eigenvalue weighted by atomic mass is 10.00. The number of carboxylic acids is 1. The van der Waals surface area contributed by atoms with E-state index in [0.29, 0.717) is 12.1 Å². The molecule has 6 heterocycles. The molecule has 200 valence electrons. The summed E-state index contributed by atoms with van der Waals surface area (Å²) in [5.74, 6) is -2.76. The van der Waals surface area contributed by atoms with E-state index in [1.165, 1.54) is 0 Å². The molecule has 0 aliphatic carbocycles. The van der Waals surface area contributed by atoms with E-state index in [1.807, 2.05) is 24.8 Å². The van der Waals surface area contributed by atoms with Gasteiger partial charge in [0.05, 0.1) is 11.7 Å². The van der Waals surface area contributed by atoms with Crippen molar-refractivity contribution < 1.29 is 23.1 Å². The van der Waals surface area contributed by atoms with Gasteiger partial charge in [-0.1, -0.05) is 22.7 Å². The molecule has 1 saturated heterocycles. The van der Waals surface area contributed by atoms with E-state index in [2.05, 4.69) is 45.4 Å². The van der Waals surface area contributed by atoms with E-state index in [1.54, 1.807) is 22.7 Å². The number of alkyl halides is 3. The summed E-state index contributed by atoms with van der Waals surface area (Å²) in [7, 11) is 2.16. The first-order valence-corrected chi connectivity index (χ1v) is 13.2. The lowest BCUT2D eigenvalue weighted by Crippen LogP contribution is -2.45. The van der Waals surface area contributed by atoms with Crippen LogP contribution in [0.15, 0.2) is 30.9 Å². The maximum atomic E-state index is 10.6. The largest absolute Gasteiger partial charge is 0.490 e. The van der Waals surface area contributed by atoms with Crippen LogP contribution in [0.1, 0.15) is 19.8 Å². The number of hydrogen-bond donors (Lipinski definition) is 4. The van der Waals surface area contributed by atoms with Crippen molar-refractivity contribution in [1.29, 1.82) is 0 Å². The molecule has 1 fully saturated rings. The van der Waals surface area contributed by atoms with Gasteiger partial charge in [-0.3, -0.25) is 10.1 Å². The summed E-state index contributed by atoms with van der Waals surface area (Å²) in [5, 5.41) is 20.6. The van der Waals surface area contributed by atoms with Crippen LogP contribution in [-0.2, 0) is 4.79 Å². The van der Waals surface area contributed by atoms with Crippen molar-refractivity contribution in [2.45, 2.75) is 38.0 Å². The van der Waals surface area contributed by atoms with Gasteiger partial charge in [-0.25, -0.2) is 14.8 Å². The average molecular weight is 565 g/mol. The van der Waals surface area contributed by atoms with Gasteiger partial charge in [0.2, 0.25) is 0 Å². The number of piperidine rings is 1. The highest BCUT2D eigenvalue weighted by atomic mass is 32.1. The minimum atomic E-state index is -5.08. The summed E-state index contributed by atoms with van der Waals surface area (Å²) >= 11 is 3.27. The van der Waals surface area contributed by atoms with Crippen molar-refractivity contribution in [3.8, 4) is 21.8 Å². The highest BCUT2D eigenvalue weighted by Crippen LogP contribution is 2.39. The summed E-state index contributed by atoms with van der Waals surface area (Å²) in [4.78, 5) is 31.1. The molecule has 0 unspecified atom stereocenters. The highest BCUT2D eigenvalue weighted by Gasteiger charge is 2.38. The molecule has 0 amide bonds. The lowest BCUT2D eigenvalue weighted by Gasteiger charge is -2.34. The lowest BCUT2D eigenvalue weighted by molar-refractivity contribution is -0.192. The molecule has 38 heavy (non-hydrogen) atoms. The summed E-state index contributed by atoms with van der Waals surface area (Å²) in [5.41, 5.74) is 3.92. The zero-order chi connectivity index (χ0) is 27.0. The van der Waals surface area contributed by atoms with Crippen LogP contribution in [0, 0.1) is 0 Å². The van der Waals surface area contributed by atoms with Gasteiger partial charge in [0.15, 0.2) is 14.8 Å². The van der Waals surface area contributed by atoms with Crippen LogP contribution in [-0.4, -0.2) is 73.1 Å². The molecule has 0 aromatic carbocycles. The molecule has 4 N–H and O–H groups in total. The molecule has 5 aromatic heterocycles. The number of hydrogen-bond acceptors (Lipinski definition) is 9. The van der Waals surface area contributed by atoms with Gasteiger partial charge >= 0.3 is 12.1 Å². The Labute approximate surface area is 222 Å². The fraction of sp³-hybridized carbons (Fsp3) is 0.348. The van der Waals surface area contributed by atoms with Gasteiger partial charge in [0, 0.05) is 54.2 Å². The van der Waals surface area contributed by atoms with E-state index < -0.39 is 12.1 Å². The van der Waals surface area contributed by atoms with Gasteiger partial charge in [-0.05, 0) is 32.4 Å². The molecular weight excluding hydrogens is 541 g/mol. The van der Waals surface area contributed by atoms with Gasteiger partial charge in [0.1, 0.15) is 10.7 Å². The number of nitrogens with one attached hydrogen (secondary N) is 3. The first kappa shape index (κ1) is 26.1. The second-order valence-electron chi connectivity index (χ2n) is 8.85. The zero-order valence-electron chi connectivity index (χ0n) is 20.2. The van der Waals surface area contributed by atoms with Gasteiger partial charge in [0.25, 0.3) is 0 Å². The van der Waals surface area contributed by atoms with E-state index in [-0.39, 0.29) is 0 Å². The number of fused-ring (bicyclic) bond motifs is 2. The van der Waals surface area contributed by atoms with Crippen molar-refractivity contribution in [2.75, 3.05) is 18.5 Å². The van der Waals surface area contributed by atoms with E-state index in [0.717, 1.165) is 66.9 Å². The highest BCUT2D eigenvalue weighted by molar-refractivity contribution is 7.29. The monoisotopic (exact) mass is 564 g/mol. The molecule has 6 rings (SSSR count). The standard InChI is InChI=1S/C21H22N8S2.C2HF3O2/c1-11-7-13(3-5-22-11)29(2)21-28-20-19(31-21)27-18(30-20)17-16-14(4-6-23-16)15(10-24-17)12-8-25-26-9-12;3-2(4,5)1(6)7/h4,6,8-11,13,22-23H,3,5,7H2,1-2H3,(H,25,26);(H,6,7)/t11-,13-;/m0./s1. The topological polar surface area (TPSA) is 136 Å². The van der Waals surface area contributed by atoms with Crippen molar-refractivity contribution in [2.24, 2.45) is 0 Å². The van der Waals surface area contributed by atoms with Crippen molar-refractivity contribution in [3.63, 3.8) is 0 Å². The molecule has 0 saturated carbocycles. The van der Waals surface area contributed by atoms with Crippen LogP contribution in [0.3, 0.4) is 0 Å². The Bertz CT molecular complexity index is 1530. The first-order chi connectivity index (χ1) is 18.1. The number of rotatable bonds is 4. The normalized spacial score (nSPS) is 17.9. The number of carboxylic acid groups (broad SMARTS) is 1. The van der Waals surface area contributed by atoms with Gasteiger partial charge < -0.3 is 20.3 Å². The van der Waals surface area contributed by atoms with Crippen molar-refractivity contribution >= 4 is 54.3 Å². The molecular formula is C23H23F3N8O2S2. The molecule has 15 heteroatoms. The Morgan fingerprint density at radius 1 is 1.21 bits per heavy atom. The number of nitrogens with zero attached hydrogens (tertiary/aromatic N) is 5. The number of carbonyl (C=O) groups is 1. The molecule has 1 aliphatic heterocycles. The number of aromatic amines is 2. The van der Waals surface area contributed by atoms with Crippen LogP contribution < -0.4 is 10.2 Å². The maximum absolute atomic E-state index is 10.6. The second kappa shape index (κ2) is 10.3. The molecule has 0 bridgehead atoms. The zero-order valence-corrected chi connectivity index (χ0v) is 21.8. The summed E-state index contributed by atoms with van der Waals surface area (Å²) in [6.45, 7) is 3.31. The Kier molecular flexibility index (Phi) is 7.07. The second-order valence-corrected chi connectivity index (χ2v) is 10.8. The summed E-state index contributed by atoms with van der Waals surface area (Å²) in [6, 6.07) is 3.14. The third-order valence-electron chi connectivity index (χ3n) is 6.26. The number of halogens is 3. The smallest absolute Gasteiger partial charge is 0.475 e. The minimum absolute atomic E-state index is 0.520. The van der Waals surface area contributed by atoms with Crippen molar-refractivity contribution in [3.05, 3.63) is 30.9 Å². The minimum Gasteiger partial charge on any atom is -0.475 e. The first-order valence-electron chi connectivity index (χ1n) is 11.6.